The zero-order chi connectivity index (χ0) is 11.5. The Balaban J connectivity index is 2.03. The van der Waals surface area contributed by atoms with Crippen molar-refractivity contribution >= 4 is 40.7 Å². The number of benzene rings is 1. The highest BCUT2D eigenvalue weighted by atomic mass is 35.5. The fourth-order valence-electron chi connectivity index (χ4n) is 2.10. The van der Waals surface area contributed by atoms with Crippen molar-refractivity contribution in [2.24, 2.45) is 5.92 Å². The highest BCUT2D eigenvalue weighted by Crippen LogP contribution is 2.39. The third kappa shape index (κ3) is 2.99. The summed E-state index contributed by atoms with van der Waals surface area (Å²) in [6.45, 7) is 0. The maximum absolute atomic E-state index is 6.13. The molecule has 1 nitrogen and oxygen atoms in total. The summed E-state index contributed by atoms with van der Waals surface area (Å²) < 4.78 is 0. The first-order valence-corrected chi connectivity index (χ1v) is 7.28. The molecule has 0 saturated heterocycles. The van der Waals surface area contributed by atoms with Crippen molar-refractivity contribution in [2.45, 2.75) is 30.6 Å². The van der Waals surface area contributed by atoms with Crippen LogP contribution in [0.15, 0.2) is 17.0 Å². The number of hydrogen-bond donors (Lipinski definition) is 1. The van der Waals surface area contributed by atoms with E-state index < -0.39 is 0 Å². The number of thioether (sulfide) groups is 1. The Kier molecular flexibility index (Phi) is 4.28. The molecule has 1 aliphatic rings. The van der Waals surface area contributed by atoms with E-state index in [2.05, 4.69) is 0 Å². The Morgan fingerprint density at radius 1 is 1.19 bits per heavy atom. The van der Waals surface area contributed by atoms with Gasteiger partial charge in [0.25, 0.3) is 0 Å². The second-order valence-electron chi connectivity index (χ2n) is 4.28. The van der Waals surface area contributed by atoms with Crippen LogP contribution in [0.2, 0.25) is 10.0 Å². The predicted octanol–water partition coefficient (Wildman–Crippen LogP) is 4.86. The van der Waals surface area contributed by atoms with Gasteiger partial charge < -0.3 is 5.73 Å². The molecule has 0 bridgehead atoms. The fourth-order valence-corrected chi connectivity index (χ4v) is 4.06. The summed E-state index contributed by atoms with van der Waals surface area (Å²) in [5.41, 5.74) is 6.29. The molecule has 2 rings (SSSR count). The van der Waals surface area contributed by atoms with E-state index in [0.29, 0.717) is 15.7 Å². The van der Waals surface area contributed by atoms with Crippen molar-refractivity contribution in [3.05, 3.63) is 22.2 Å². The summed E-state index contributed by atoms with van der Waals surface area (Å²) in [6.07, 6.45) is 5.43. The number of halogens is 2. The molecule has 0 radical (unpaired) electrons. The molecule has 0 spiro atoms. The van der Waals surface area contributed by atoms with E-state index in [9.17, 15) is 0 Å². The predicted molar refractivity (Wildman–Crippen MR) is 73.6 cm³/mol. The molecule has 1 fully saturated rings. The van der Waals surface area contributed by atoms with Crippen LogP contribution in [-0.2, 0) is 0 Å². The third-order valence-corrected chi connectivity index (χ3v) is 5.15. The van der Waals surface area contributed by atoms with Gasteiger partial charge in [-0.1, -0.05) is 36.0 Å². The van der Waals surface area contributed by atoms with Crippen LogP contribution in [0.5, 0.6) is 0 Å². The average Bonchev–Trinajstić information content (AvgIpc) is 2.68. The number of anilines is 1. The van der Waals surface area contributed by atoms with Gasteiger partial charge in [0.05, 0.1) is 10.0 Å². The second kappa shape index (κ2) is 5.52. The molecule has 1 saturated carbocycles. The van der Waals surface area contributed by atoms with E-state index in [1.807, 2.05) is 0 Å². The van der Waals surface area contributed by atoms with Crippen molar-refractivity contribution in [1.29, 1.82) is 0 Å². The van der Waals surface area contributed by atoms with Gasteiger partial charge in [-0.15, -0.1) is 11.8 Å². The summed E-state index contributed by atoms with van der Waals surface area (Å²) in [5.74, 6) is 1.94. The van der Waals surface area contributed by atoms with Gasteiger partial charge in [0.15, 0.2) is 0 Å². The maximum atomic E-state index is 6.13. The summed E-state index contributed by atoms with van der Waals surface area (Å²) in [6, 6.07) is 3.54. The van der Waals surface area contributed by atoms with E-state index in [4.69, 9.17) is 28.9 Å². The number of rotatable bonds is 3. The molecule has 0 atom stereocenters. The summed E-state index contributed by atoms with van der Waals surface area (Å²) >= 11 is 14.0. The molecule has 0 unspecified atom stereocenters. The monoisotopic (exact) mass is 275 g/mol. The van der Waals surface area contributed by atoms with E-state index in [-0.39, 0.29) is 0 Å². The summed E-state index contributed by atoms with van der Waals surface area (Å²) in [4.78, 5) is 0.976. The van der Waals surface area contributed by atoms with Crippen LogP contribution < -0.4 is 5.73 Å². The van der Waals surface area contributed by atoms with Crippen LogP contribution in [0.3, 0.4) is 0 Å². The lowest BCUT2D eigenvalue weighted by atomic mass is 10.1. The van der Waals surface area contributed by atoms with Crippen LogP contribution in [0.4, 0.5) is 5.69 Å². The molecular weight excluding hydrogens is 261 g/mol. The Labute approximate surface area is 111 Å². The topological polar surface area (TPSA) is 26.0 Å². The van der Waals surface area contributed by atoms with Gasteiger partial charge >= 0.3 is 0 Å². The summed E-state index contributed by atoms with van der Waals surface area (Å²) in [5, 5.41) is 1.35. The highest BCUT2D eigenvalue weighted by Gasteiger charge is 2.17. The van der Waals surface area contributed by atoms with E-state index in [0.717, 1.165) is 16.6 Å². The Morgan fingerprint density at radius 3 is 2.31 bits per heavy atom. The van der Waals surface area contributed by atoms with Gasteiger partial charge in [0.2, 0.25) is 0 Å². The van der Waals surface area contributed by atoms with Crippen LogP contribution >= 0.6 is 35.0 Å². The molecule has 0 heterocycles. The summed E-state index contributed by atoms with van der Waals surface area (Å²) in [7, 11) is 0. The van der Waals surface area contributed by atoms with Gasteiger partial charge in [-0.3, -0.25) is 0 Å². The third-order valence-electron chi connectivity index (χ3n) is 2.96. The van der Waals surface area contributed by atoms with E-state index >= 15 is 0 Å². The lowest BCUT2D eigenvalue weighted by Gasteiger charge is -2.11. The molecule has 2 N–H and O–H groups in total. The molecule has 0 aliphatic heterocycles. The molecule has 0 amide bonds. The SMILES string of the molecule is Nc1cc(Cl)c(SCC2CCCC2)c(Cl)c1. The lowest BCUT2D eigenvalue weighted by Crippen LogP contribution is -1.97. The molecular formula is C12H15Cl2NS. The minimum atomic E-state index is 0.625. The molecule has 1 aromatic rings. The van der Waals surface area contributed by atoms with Gasteiger partial charge in [-0.05, 0) is 30.9 Å². The van der Waals surface area contributed by atoms with Crippen molar-refractivity contribution in [1.82, 2.24) is 0 Å². The first kappa shape index (κ1) is 12.4. The Hall–Kier alpha value is -0.0500. The smallest absolute Gasteiger partial charge is 0.0577 e. The molecule has 0 aromatic heterocycles. The minimum Gasteiger partial charge on any atom is -0.399 e. The zero-order valence-corrected chi connectivity index (χ0v) is 11.3. The van der Waals surface area contributed by atoms with E-state index in [1.165, 1.54) is 25.7 Å². The zero-order valence-electron chi connectivity index (χ0n) is 9.01. The lowest BCUT2D eigenvalue weighted by molar-refractivity contribution is 0.623. The molecule has 1 aromatic carbocycles. The maximum Gasteiger partial charge on any atom is 0.0577 e. The quantitative estimate of drug-likeness (QED) is 0.630. The molecule has 1 aliphatic carbocycles. The van der Waals surface area contributed by atoms with E-state index in [1.54, 1.807) is 23.9 Å². The Bertz CT molecular complexity index is 352. The largest absolute Gasteiger partial charge is 0.399 e. The fraction of sp³-hybridized carbons (Fsp3) is 0.500. The molecule has 4 heteroatoms. The first-order valence-electron chi connectivity index (χ1n) is 5.54. The second-order valence-corrected chi connectivity index (χ2v) is 6.12. The normalized spacial score (nSPS) is 16.9. The Morgan fingerprint density at radius 2 is 1.75 bits per heavy atom. The molecule has 16 heavy (non-hydrogen) atoms. The van der Waals surface area contributed by atoms with Crippen LogP contribution in [0.25, 0.3) is 0 Å². The van der Waals surface area contributed by atoms with Crippen molar-refractivity contribution in [3.8, 4) is 0 Å². The first-order chi connectivity index (χ1) is 7.66. The number of hydrogen-bond acceptors (Lipinski definition) is 2. The van der Waals surface area contributed by atoms with Gasteiger partial charge in [0, 0.05) is 16.3 Å². The molecule has 88 valence electrons. The van der Waals surface area contributed by atoms with Crippen molar-refractivity contribution in [2.75, 3.05) is 11.5 Å². The van der Waals surface area contributed by atoms with Crippen LogP contribution in [-0.4, -0.2) is 5.75 Å². The van der Waals surface area contributed by atoms with Gasteiger partial charge in [0.1, 0.15) is 0 Å². The minimum absolute atomic E-state index is 0.625. The van der Waals surface area contributed by atoms with Crippen molar-refractivity contribution in [3.63, 3.8) is 0 Å². The van der Waals surface area contributed by atoms with Crippen LogP contribution in [0, 0.1) is 5.92 Å². The number of nitrogen functional groups attached to an aromatic ring is 1. The standard InChI is InChI=1S/C12H15Cl2NS/c13-10-5-9(15)6-11(14)12(10)16-7-8-3-1-2-4-8/h5-6,8H,1-4,7,15H2. The van der Waals surface area contributed by atoms with Gasteiger partial charge in [-0.25, -0.2) is 0 Å². The average molecular weight is 276 g/mol. The number of nitrogens with two attached hydrogens (primary N) is 1. The van der Waals surface area contributed by atoms with Gasteiger partial charge in [-0.2, -0.15) is 0 Å². The highest BCUT2D eigenvalue weighted by molar-refractivity contribution is 7.99. The van der Waals surface area contributed by atoms with Crippen molar-refractivity contribution < 1.29 is 0 Å². The van der Waals surface area contributed by atoms with Crippen LogP contribution in [0.1, 0.15) is 25.7 Å².